The zero-order valence-electron chi connectivity index (χ0n) is 17.8. The van der Waals surface area contributed by atoms with Crippen LogP contribution in [0, 0.1) is 16.0 Å². The molecule has 9 nitrogen and oxygen atoms in total. The number of nitrogens with one attached hydrogen (secondary N) is 1. The normalized spacial score (nSPS) is 16.5. The maximum atomic E-state index is 13.2. The molecule has 1 amide bonds. The number of hydrogen-bond acceptors (Lipinski definition) is 7. The summed E-state index contributed by atoms with van der Waals surface area (Å²) in [5.74, 6) is 0.609. The number of aromatic hydroxyl groups is 1. The van der Waals surface area contributed by atoms with Gasteiger partial charge in [0.15, 0.2) is 11.5 Å². The number of pyridine rings is 1. The molecule has 1 aromatic heterocycles. The van der Waals surface area contributed by atoms with Crippen molar-refractivity contribution in [1.29, 1.82) is 0 Å². The molecule has 170 valence electrons. The number of carbonyl (C=O) groups excluding carboxylic acids is 1. The molecule has 1 aliphatic heterocycles. The number of fused-ring (bicyclic) bond motifs is 2. The second-order valence-corrected chi connectivity index (χ2v) is 8.38. The number of aromatic nitrogens is 1. The molecule has 2 N–H and O–H groups in total. The molecule has 33 heavy (non-hydrogen) atoms. The number of nitro groups is 1. The van der Waals surface area contributed by atoms with E-state index in [1.807, 2.05) is 0 Å². The molecule has 0 radical (unpaired) electrons. The highest BCUT2D eigenvalue weighted by Crippen LogP contribution is 2.42. The van der Waals surface area contributed by atoms with E-state index in [1.165, 1.54) is 12.3 Å². The van der Waals surface area contributed by atoms with Gasteiger partial charge in [-0.25, -0.2) is 0 Å². The van der Waals surface area contributed by atoms with Crippen LogP contribution in [0.25, 0.3) is 10.9 Å². The quantitative estimate of drug-likeness (QED) is 0.438. The van der Waals surface area contributed by atoms with E-state index in [0.717, 1.165) is 32.1 Å². The standard InChI is InChI=1S/C24H23N3O6/c28-23-17(12-18(27(30)31)16-7-4-10-25-22(16)23)21(26-24(29)14-5-2-1-3-6-14)15-8-9-19-20(11-15)33-13-32-19/h4,7-12,14,21,28H,1-3,5-6,13H2,(H,26,29)/t21-/m0/s1. The number of ether oxygens (including phenoxy) is 2. The Morgan fingerprint density at radius 1 is 1.15 bits per heavy atom. The summed E-state index contributed by atoms with van der Waals surface area (Å²) < 4.78 is 10.9. The summed E-state index contributed by atoms with van der Waals surface area (Å²) in [5, 5.41) is 26.2. The minimum absolute atomic E-state index is 0.0918. The number of hydrogen-bond donors (Lipinski definition) is 2. The van der Waals surface area contributed by atoms with Crippen molar-refractivity contribution in [2.75, 3.05) is 6.79 Å². The van der Waals surface area contributed by atoms with Crippen LogP contribution in [0.1, 0.15) is 49.3 Å². The van der Waals surface area contributed by atoms with Gasteiger partial charge in [-0.3, -0.25) is 19.9 Å². The molecular weight excluding hydrogens is 426 g/mol. The van der Waals surface area contributed by atoms with Gasteiger partial charge in [0.2, 0.25) is 12.7 Å². The Balaban J connectivity index is 1.64. The van der Waals surface area contributed by atoms with Crippen LogP contribution in [-0.4, -0.2) is 27.7 Å². The number of phenolic OH excluding ortho intramolecular Hbond substituents is 1. The fourth-order valence-corrected chi connectivity index (χ4v) is 4.66. The highest BCUT2D eigenvalue weighted by Gasteiger charge is 2.30. The molecule has 3 aromatic rings. The third-order valence-electron chi connectivity index (χ3n) is 6.37. The molecule has 2 heterocycles. The number of nitro benzene ring substituents is 1. The van der Waals surface area contributed by atoms with Gasteiger partial charge >= 0.3 is 0 Å². The van der Waals surface area contributed by atoms with Crippen LogP contribution in [-0.2, 0) is 4.79 Å². The minimum atomic E-state index is -0.834. The van der Waals surface area contributed by atoms with E-state index in [1.54, 1.807) is 30.3 Å². The Morgan fingerprint density at radius 3 is 2.73 bits per heavy atom. The van der Waals surface area contributed by atoms with Crippen molar-refractivity contribution in [3.8, 4) is 17.2 Å². The molecule has 1 saturated carbocycles. The van der Waals surface area contributed by atoms with Crippen LogP contribution in [0.5, 0.6) is 17.2 Å². The lowest BCUT2D eigenvalue weighted by Crippen LogP contribution is -2.35. The van der Waals surface area contributed by atoms with Gasteiger partial charge in [0.05, 0.1) is 16.4 Å². The molecule has 0 bridgehead atoms. The van der Waals surface area contributed by atoms with Crippen molar-refractivity contribution >= 4 is 22.5 Å². The van der Waals surface area contributed by atoms with Crippen molar-refractivity contribution in [3.63, 3.8) is 0 Å². The highest BCUT2D eigenvalue weighted by molar-refractivity contribution is 5.94. The molecule has 2 aromatic carbocycles. The fourth-order valence-electron chi connectivity index (χ4n) is 4.66. The maximum Gasteiger partial charge on any atom is 0.279 e. The Hall–Kier alpha value is -3.88. The van der Waals surface area contributed by atoms with Gasteiger partial charge in [-0.1, -0.05) is 25.3 Å². The summed E-state index contributed by atoms with van der Waals surface area (Å²) in [4.78, 5) is 28.7. The zero-order valence-corrected chi connectivity index (χ0v) is 17.8. The van der Waals surface area contributed by atoms with E-state index < -0.39 is 11.0 Å². The van der Waals surface area contributed by atoms with E-state index in [-0.39, 0.29) is 46.5 Å². The molecule has 9 heteroatoms. The van der Waals surface area contributed by atoms with Crippen molar-refractivity contribution in [2.45, 2.75) is 38.1 Å². The Bertz CT molecular complexity index is 1240. The maximum absolute atomic E-state index is 13.2. The largest absolute Gasteiger partial charge is 0.505 e. The van der Waals surface area contributed by atoms with Crippen molar-refractivity contribution < 1.29 is 24.3 Å². The average Bonchev–Trinajstić information content (AvgIpc) is 3.31. The molecule has 0 unspecified atom stereocenters. The number of rotatable bonds is 5. The summed E-state index contributed by atoms with van der Waals surface area (Å²) in [6, 6.07) is 8.81. The lowest BCUT2D eigenvalue weighted by atomic mass is 9.87. The Labute approximate surface area is 189 Å². The number of nitrogens with zero attached hydrogens (tertiary/aromatic N) is 2. The number of amides is 1. The van der Waals surface area contributed by atoms with Crippen LogP contribution in [0.3, 0.4) is 0 Å². The smallest absolute Gasteiger partial charge is 0.279 e. The van der Waals surface area contributed by atoms with Crippen LogP contribution in [0.4, 0.5) is 5.69 Å². The minimum Gasteiger partial charge on any atom is -0.505 e. The molecule has 1 aliphatic carbocycles. The molecule has 0 spiro atoms. The SMILES string of the molecule is O=C(N[C@@H](c1ccc2c(c1)OCO2)c1cc([N+](=O)[O-])c2cccnc2c1O)C1CCCCC1. The van der Waals surface area contributed by atoms with Gasteiger partial charge in [-0.2, -0.15) is 0 Å². The number of phenols is 1. The number of non-ortho nitro benzene ring substituents is 1. The van der Waals surface area contributed by atoms with Crippen LogP contribution in [0.15, 0.2) is 42.6 Å². The van der Waals surface area contributed by atoms with E-state index in [0.29, 0.717) is 17.1 Å². The van der Waals surface area contributed by atoms with E-state index >= 15 is 0 Å². The first-order valence-corrected chi connectivity index (χ1v) is 11.0. The zero-order chi connectivity index (χ0) is 22.9. The summed E-state index contributed by atoms with van der Waals surface area (Å²) in [6.07, 6.45) is 6.15. The lowest BCUT2D eigenvalue weighted by Gasteiger charge is -2.26. The molecule has 1 fully saturated rings. The van der Waals surface area contributed by atoms with Crippen molar-refractivity contribution in [1.82, 2.24) is 10.3 Å². The van der Waals surface area contributed by atoms with E-state index in [4.69, 9.17) is 9.47 Å². The number of benzene rings is 2. The second-order valence-electron chi connectivity index (χ2n) is 8.38. The van der Waals surface area contributed by atoms with Crippen molar-refractivity contribution in [2.24, 2.45) is 5.92 Å². The summed E-state index contributed by atoms with van der Waals surface area (Å²) >= 11 is 0. The van der Waals surface area contributed by atoms with Gasteiger partial charge in [0.25, 0.3) is 5.69 Å². The van der Waals surface area contributed by atoms with Gasteiger partial charge < -0.3 is 19.9 Å². The lowest BCUT2D eigenvalue weighted by molar-refractivity contribution is -0.383. The third kappa shape index (κ3) is 3.90. The first-order valence-electron chi connectivity index (χ1n) is 11.0. The summed E-state index contributed by atoms with van der Waals surface area (Å²) in [5.41, 5.74) is 0.738. The van der Waals surface area contributed by atoms with Crippen molar-refractivity contribution in [3.05, 3.63) is 63.8 Å². The van der Waals surface area contributed by atoms with Gasteiger partial charge in [-0.15, -0.1) is 0 Å². The molecule has 2 aliphatic rings. The summed E-state index contributed by atoms with van der Waals surface area (Å²) in [7, 11) is 0. The van der Waals surface area contributed by atoms with Crippen LogP contribution >= 0.6 is 0 Å². The first kappa shape index (κ1) is 21.0. The second kappa shape index (κ2) is 8.57. The van der Waals surface area contributed by atoms with Crippen LogP contribution in [0.2, 0.25) is 0 Å². The fraction of sp³-hybridized carbons (Fsp3) is 0.333. The Kier molecular flexibility index (Phi) is 5.45. The van der Waals surface area contributed by atoms with Gasteiger partial charge in [0.1, 0.15) is 11.3 Å². The summed E-state index contributed by atoms with van der Waals surface area (Å²) in [6.45, 7) is 0.0918. The number of carbonyl (C=O) groups is 1. The topological polar surface area (TPSA) is 124 Å². The molecule has 0 saturated heterocycles. The Morgan fingerprint density at radius 2 is 1.94 bits per heavy atom. The highest BCUT2D eigenvalue weighted by atomic mass is 16.7. The molecule has 5 rings (SSSR count). The van der Waals surface area contributed by atoms with E-state index in [2.05, 4.69) is 10.3 Å². The van der Waals surface area contributed by atoms with Gasteiger partial charge in [0, 0.05) is 23.7 Å². The third-order valence-corrected chi connectivity index (χ3v) is 6.37. The molecule has 1 atom stereocenters. The first-order chi connectivity index (χ1) is 16.0. The van der Waals surface area contributed by atoms with Crippen LogP contribution < -0.4 is 14.8 Å². The monoisotopic (exact) mass is 449 g/mol. The predicted octanol–water partition coefficient (Wildman–Crippen LogP) is 4.36. The predicted molar refractivity (Wildman–Crippen MR) is 119 cm³/mol. The molecular formula is C24H23N3O6. The van der Waals surface area contributed by atoms with E-state index in [9.17, 15) is 20.0 Å². The average molecular weight is 449 g/mol. The van der Waals surface area contributed by atoms with Gasteiger partial charge in [-0.05, 0) is 42.7 Å².